The van der Waals surface area contributed by atoms with Crippen LogP contribution in [0.4, 0.5) is 17.3 Å². The predicted molar refractivity (Wildman–Crippen MR) is 107 cm³/mol. The van der Waals surface area contributed by atoms with Crippen LogP contribution in [0.3, 0.4) is 0 Å². The highest BCUT2D eigenvalue weighted by Crippen LogP contribution is 2.24. The number of hydrogen-bond donors (Lipinski definition) is 2. The quantitative estimate of drug-likeness (QED) is 0.499. The normalized spacial score (nSPS) is 10.8. The van der Waals surface area contributed by atoms with Gasteiger partial charge in [-0.2, -0.15) is 5.10 Å². The van der Waals surface area contributed by atoms with E-state index in [-0.39, 0.29) is 11.4 Å². The number of hydrogen-bond acceptors (Lipinski definition) is 7. The molecule has 2 heterocycles. The molecule has 0 saturated heterocycles. The molecule has 0 spiro atoms. The zero-order valence-corrected chi connectivity index (χ0v) is 15.2. The van der Waals surface area contributed by atoms with Crippen molar-refractivity contribution in [1.82, 2.24) is 19.7 Å². The maximum Gasteiger partial charge on any atom is 0.157 e. The minimum Gasteiger partial charge on any atom is -0.497 e. The summed E-state index contributed by atoms with van der Waals surface area (Å²) in [6.45, 7) is 0.630. The van der Waals surface area contributed by atoms with Crippen molar-refractivity contribution < 1.29 is 9.53 Å². The van der Waals surface area contributed by atoms with Crippen molar-refractivity contribution in [3.05, 3.63) is 66.1 Å². The van der Waals surface area contributed by atoms with Gasteiger partial charge in [-0.05, 0) is 35.9 Å². The molecule has 0 unspecified atom stereocenters. The lowest BCUT2D eigenvalue weighted by atomic mass is 10.2. The molecule has 28 heavy (non-hydrogen) atoms. The summed E-state index contributed by atoms with van der Waals surface area (Å²) in [6, 6.07) is 13.7. The molecule has 0 bridgehead atoms. The summed E-state index contributed by atoms with van der Waals surface area (Å²) >= 11 is 0. The molecule has 0 radical (unpaired) electrons. The predicted octanol–water partition coefficient (Wildman–Crippen LogP) is 3.02. The molecule has 0 aliphatic heterocycles. The molecule has 140 valence electrons. The third kappa shape index (κ3) is 3.35. The van der Waals surface area contributed by atoms with Gasteiger partial charge >= 0.3 is 0 Å². The fourth-order valence-electron chi connectivity index (χ4n) is 3.00. The number of carbonyl (C=O) groups is 1. The highest BCUT2D eigenvalue weighted by atomic mass is 16.5. The van der Waals surface area contributed by atoms with E-state index in [0.29, 0.717) is 18.6 Å². The number of nitrogens with one attached hydrogen (secondary N) is 1. The topological polar surface area (TPSA) is 108 Å². The number of nitrogen functional groups attached to an aromatic ring is 1. The van der Waals surface area contributed by atoms with Crippen LogP contribution in [-0.4, -0.2) is 33.1 Å². The Morgan fingerprint density at radius 2 is 2.11 bits per heavy atom. The maximum atomic E-state index is 11.3. The lowest BCUT2D eigenvalue weighted by Crippen LogP contribution is -2.04. The molecule has 0 fully saturated rings. The van der Waals surface area contributed by atoms with Gasteiger partial charge in [-0.15, -0.1) is 0 Å². The molecule has 4 aromatic rings. The third-order valence-corrected chi connectivity index (χ3v) is 4.40. The number of methoxy groups -OCH3 is 1. The summed E-state index contributed by atoms with van der Waals surface area (Å²) in [7, 11) is 1.65. The average molecular weight is 374 g/mol. The Morgan fingerprint density at radius 1 is 1.21 bits per heavy atom. The van der Waals surface area contributed by atoms with Gasteiger partial charge in [-0.25, -0.2) is 9.97 Å². The molecule has 4 rings (SSSR count). The summed E-state index contributed by atoms with van der Waals surface area (Å²) < 4.78 is 7.20. The zero-order chi connectivity index (χ0) is 19.5. The fraction of sp³-hybridized carbons (Fsp3) is 0.100. The number of aldehydes is 1. The van der Waals surface area contributed by atoms with E-state index in [1.807, 2.05) is 47.1 Å². The summed E-state index contributed by atoms with van der Waals surface area (Å²) in [5, 5.41) is 8.56. The van der Waals surface area contributed by atoms with Gasteiger partial charge < -0.3 is 15.8 Å². The van der Waals surface area contributed by atoms with Gasteiger partial charge in [0.1, 0.15) is 23.7 Å². The van der Waals surface area contributed by atoms with E-state index in [2.05, 4.69) is 20.4 Å². The first-order chi connectivity index (χ1) is 13.7. The number of anilines is 3. The highest BCUT2D eigenvalue weighted by Gasteiger charge is 2.10. The molecule has 0 atom stereocenters. The van der Waals surface area contributed by atoms with E-state index < -0.39 is 0 Å². The molecule has 0 amide bonds. The van der Waals surface area contributed by atoms with Crippen molar-refractivity contribution in [3.63, 3.8) is 0 Å². The molecular weight excluding hydrogens is 356 g/mol. The van der Waals surface area contributed by atoms with Crippen molar-refractivity contribution in [2.24, 2.45) is 0 Å². The highest BCUT2D eigenvalue weighted by molar-refractivity contribution is 5.90. The molecule has 2 aromatic carbocycles. The van der Waals surface area contributed by atoms with E-state index >= 15 is 0 Å². The van der Waals surface area contributed by atoms with E-state index in [4.69, 9.17) is 10.5 Å². The minimum absolute atomic E-state index is 0.139. The van der Waals surface area contributed by atoms with Crippen LogP contribution in [0.2, 0.25) is 0 Å². The van der Waals surface area contributed by atoms with Crippen LogP contribution in [0.5, 0.6) is 5.75 Å². The summed E-state index contributed by atoms with van der Waals surface area (Å²) in [6.07, 6.45) is 3.76. The average Bonchev–Trinajstić information content (AvgIpc) is 3.10. The zero-order valence-electron chi connectivity index (χ0n) is 15.2. The lowest BCUT2D eigenvalue weighted by molar-refractivity contribution is 0.112. The Kier molecular flexibility index (Phi) is 4.59. The number of carbonyl (C=O) groups excluding carboxylic acids is 1. The number of fused-ring (bicyclic) bond motifs is 1. The number of rotatable bonds is 6. The molecule has 0 aliphatic carbocycles. The van der Waals surface area contributed by atoms with Crippen LogP contribution in [-0.2, 0) is 6.54 Å². The number of nitrogens with two attached hydrogens (primary N) is 1. The first-order valence-electron chi connectivity index (χ1n) is 8.59. The first kappa shape index (κ1) is 17.5. The largest absolute Gasteiger partial charge is 0.497 e. The molecule has 8 heteroatoms. The van der Waals surface area contributed by atoms with Crippen LogP contribution in [0.15, 0.2) is 55.0 Å². The second-order valence-electron chi connectivity index (χ2n) is 6.19. The second-order valence-corrected chi connectivity index (χ2v) is 6.19. The second kappa shape index (κ2) is 7.36. The Morgan fingerprint density at radius 3 is 2.93 bits per heavy atom. The van der Waals surface area contributed by atoms with E-state index in [0.717, 1.165) is 27.9 Å². The van der Waals surface area contributed by atoms with Crippen molar-refractivity contribution in [1.29, 1.82) is 0 Å². The smallest absolute Gasteiger partial charge is 0.157 e. The van der Waals surface area contributed by atoms with Gasteiger partial charge in [0, 0.05) is 11.1 Å². The van der Waals surface area contributed by atoms with Crippen LogP contribution >= 0.6 is 0 Å². The van der Waals surface area contributed by atoms with Crippen LogP contribution < -0.4 is 15.8 Å². The Hall–Kier alpha value is -3.94. The Bertz CT molecular complexity index is 1150. The van der Waals surface area contributed by atoms with E-state index in [1.54, 1.807) is 13.3 Å². The van der Waals surface area contributed by atoms with Crippen molar-refractivity contribution >= 4 is 34.5 Å². The van der Waals surface area contributed by atoms with E-state index in [9.17, 15) is 4.79 Å². The van der Waals surface area contributed by atoms with Gasteiger partial charge in [0.25, 0.3) is 0 Å². The fourth-order valence-corrected chi connectivity index (χ4v) is 3.00. The van der Waals surface area contributed by atoms with Gasteiger partial charge in [0.05, 0.1) is 30.9 Å². The standard InChI is InChI=1S/C20H18N6O2/c1-28-16-4-2-3-13(7-16)10-26-18-6-5-15(8-14(18)9-24-26)25-20-17(11-27)19(21)22-12-23-20/h2-9,11-12H,10H2,1H3,(H3,21,22,23,25). The monoisotopic (exact) mass is 374 g/mol. The van der Waals surface area contributed by atoms with Crippen LogP contribution in [0.1, 0.15) is 15.9 Å². The minimum atomic E-state index is 0.139. The molecule has 0 aliphatic rings. The van der Waals surface area contributed by atoms with Crippen molar-refractivity contribution in [2.75, 3.05) is 18.2 Å². The molecule has 8 nitrogen and oxygen atoms in total. The van der Waals surface area contributed by atoms with Gasteiger partial charge in [-0.3, -0.25) is 9.48 Å². The third-order valence-electron chi connectivity index (χ3n) is 4.40. The maximum absolute atomic E-state index is 11.3. The Labute approximate surface area is 161 Å². The van der Waals surface area contributed by atoms with Crippen molar-refractivity contribution in [3.8, 4) is 5.75 Å². The van der Waals surface area contributed by atoms with Gasteiger partial charge in [-0.1, -0.05) is 12.1 Å². The summed E-state index contributed by atoms with van der Waals surface area (Å²) in [5.74, 6) is 1.32. The van der Waals surface area contributed by atoms with E-state index in [1.165, 1.54) is 6.33 Å². The Balaban J connectivity index is 1.61. The number of nitrogens with zero attached hydrogens (tertiary/aromatic N) is 4. The summed E-state index contributed by atoms with van der Waals surface area (Å²) in [4.78, 5) is 19.2. The van der Waals surface area contributed by atoms with Gasteiger partial charge in [0.2, 0.25) is 0 Å². The van der Waals surface area contributed by atoms with Crippen molar-refractivity contribution in [2.45, 2.75) is 6.54 Å². The van der Waals surface area contributed by atoms with Gasteiger partial charge in [0.15, 0.2) is 6.29 Å². The molecular formula is C20H18N6O2. The van der Waals surface area contributed by atoms with Crippen LogP contribution in [0.25, 0.3) is 10.9 Å². The number of ether oxygens (including phenoxy) is 1. The van der Waals surface area contributed by atoms with Crippen LogP contribution in [0, 0.1) is 0 Å². The summed E-state index contributed by atoms with van der Waals surface area (Å²) in [5.41, 5.74) is 8.82. The first-order valence-corrected chi connectivity index (χ1v) is 8.59. The molecule has 3 N–H and O–H groups in total. The number of aromatic nitrogens is 4. The SMILES string of the molecule is COc1cccc(Cn2ncc3cc(Nc4ncnc(N)c4C=O)ccc32)c1. The molecule has 2 aromatic heterocycles. The molecule has 0 saturated carbocycles. The lowest BCUT2D eigenvalue weighted by Gasteiger charge is -2.09. The number of benzene rings is 2.